The lowest BCUT2D eigenvalue weighted by Gasteiger charge is -2.20. The minimum atomic E-state index is -1.04. The maximum Gasteiger partial charge on any atom is 0.335 e. The van der Waals surface area contributed by atoms with Gasteiger partial charge in [-0.2, -0.15) is 0 Å². The first-order valence-corrected chi connectivity index (χ1v) is 7.12. The number of aromatic carboxylic acids is 1. The van der Waals surface area contributed by atoms with Crippen molar-refractivity contribution >= 4 is 39.5 Å². The summed E-state index contributed by atoms with van der Waals surface area (Å²) in [4.78, 5) is 35.8. The van der Waals surface area contributed by atoms with Crippen LogP contribution in [0.4, 0.5) is 10.5 Å². The van der Waals surface area contributed by atoms with Gasteiger partial charge in [-0.3, -0.25) is 4.79 Å². The fourth-order valence-electron chi connectivity index (χ4n) is 1.92. The van der Waals surface area contributed by atoms with E-state index in [0.717, 1.165) is 0 Å². The van der Waals surface area contributed by atoms with E-state index in [2.05, 4.69) is 26.6 Å². The van der Waals surface area contributed by atoms with E-state index in [1.807, 2.05) is 0 Å². The minimum Gasteiger partial charge on any atom is -0.478 e. The van der Waals surface area contributed by atoms with Crippen LogP contribution < -0.4 is 10.6 Å². The molecule has 1 heterocycles. The third kappa shape index (κ3) is 3.94. The molecular weight excluding hydrogens is 342 g/mol. The first-order valence-electron chi connectivity index (χ1n) is 6.33. The molecule has 0 saturated carbocycles. The van der Waals surface area contributed by atoms with Crippen LogP contribution in [0.1, 0.15) is 16.8 Å². The molecule has 0 unspecified atom stereocenters. The number of carboxylic acids is 1. The van der Waals surface area contributed by atoms with Gasteiger partial charge in [-0.25, -0.2) is 9.59 Å². The molecule has 0 radical (unpaired) electrons. The SMILES string of the molecule is O=C1CN(C(=O)Nc2ccc(C(=O)O)cc2Br)CCCN1. The molecule has 3 N–H and O–H groups in total. The molecule has 1 aliphatic rings. The Balaban J connectivity index is 2.08. The maximum atomic E-state index is 12.1. The van der Waals surface area contributed by atoms with Crippen molar-refractivity contribution in [2.45, 2.75) is 6.42 Å². The van der Waals surface area contributed by atoms with E-state index in [1.54, 1.807) is 0 Å². The van der Waals surface area contributed by atoms with E-state index in [4.69, 9.17) is 5.11 Å². The Morgan fingerprint density at radius 3 is 2.81 bits per heavy atom. The Morgan fingerprint density at radius 1 is 1.38 bits per heavy atom. The normalized spacial score (nSPS) is 15.1. The Hall–Kier alpha value is -2.09. The van der Waals surface area contributed by atoms with Crippen LogP contribution in [0.3, 0.4) is 0 Å². The van der Waals surface area contributed by atoms with Gasteiger partial charge in [0.05, 0.1) is 11.3 Å². The van der Waals surface area contributed by atoms with Gasteiger partial charge in [0.15, 0.2) is 0 Å². The lowest BCUT2D eigenvalue weighted by atomic mass is 10.2. The predicted octanol–water partition coefficient (Wildman–Crippen LogP) is 1.50. The Kier molecular flexibility index (Phi) is 4.79. The summed E-state index contributed by atoms with van der Waals surface area (Å²) in [5.41, 5.74) is 0.573. The van der Waals surface area contributed by atoms with Gasteiger partial charge in [0.25, 0.3) is 0 Å². The number of benzene rings is 1. The van der Waals surface area contributed by atoms with Crippen LogP contribution in [-0.2, 0) is 4.79 Å². The summed E-state index contributed by atoms with van der Waals surface area (Å²) < 4.78 is 0.468. The van der Waals surface area contributed by atoms with Gasteiger partial charge in [0.1, 0.15) is 6.54 Å². The number of nitrogens with one attached hydrogen (secondary N) is 2. The van der Waals surface area contributed by atoms with Crippen molar-refractivity contribution in [3.8, 4) is 0 Å². The largest absolute Gasteiger partial charge is 0.478 e. The summed E-state index contributed by atoms with van der Waals surface area (Å²) in [6.07, 6.45) is 0.693. The number of hydrogen-bond acceptors (Lipinski definition) is 3. The zero-order valence-corrected chi connectivity index (χ0v) is 12.6. The Morgan fingerprint density at radius 2 is 2.14 bits per heavy atom. The van der Waals surface area contributed by atoms with Gasteiger partial charge < -0.3 is 20.6 Å². The molecule has 0 aliphatic carbocycles. The predicted molar refractivity (Wildman–Crippen MR) is 79.3 cm³/mol. The standard InChI is InChI=1S/C13H14BrN3O4/c14-9-6-8(12(19)20)2-3-10(9)16-13(21)17-5-1-4-15-11(18)7-17/h2-3,6H,1,4-5,7H2,(H,15,18)(H,16,21)(H,19,20). The third-order valence-electron chi connectivity index (χ3n) is 3.01. The Labute approximate surface area is 129 Å². The van der Waals surface area contributed by atoms with Crippen molar-refractivity contribution in [1.82, 2.24) is 10.2 Å². The second-order valence-corrected chi connectivity index (χ2v) is 5.41. The summed E-state index contributed by atoms with van der Waals surface area (Å²) >= 11 is 3.22. The van der Waals surface area contributed by atoms with E-state index in [-0.39, 0.29) is 18.0 Å². The number of amides is 3. The molecule has 1 aromatic carbocycles. The smallest absolute Gasteiger partial charge is 0.335 e. The van der Waals surface area contributed by atoms with Gasteiger partial charge in [-0.15, -0.1) is 0 Å². The molecule has 0 atom stereocenters. The molecule has 21 heavy (non-hydrogen) atoms. The zero-order chi connectivity index (χ0) is 15.4. The van der Waals surface area contributed by atoms with E-state index in [0.29, 0.717) is 29.7 Å². The molecule has 2 rings (SSSR count). The molecule has 1 aromatic rings. The molecule has 8 heteroatoms. The number of halogens is 1. The van der Waals surface area contributed by atoms with Crippen LogP contribution in [0.2, 0.25) is 0 Å². The van der Waals surface area contributed by atoms with Gasteiger partial charge >= 0.3 is 12.0 Å². The monoisotopic (exact) mass is 355 g/mol. The average Bonchev–Trinajstić information content (AvgIpc) is 2.65. The number of anilines is 1. The molecule has 3 amide bonds. The van der Waals surface area contributed by atoms with Crippen LogP contribution in [-0.4, -0.2) is 47.5 Å². The number of urea groups is 1. The van der Waals surface area contributed by atoms with Gasteiger partial charge in [-0.1, -0.05) is 0 Å². The van der Waals surface area contributed by atoms with Crippen LogP contribution in [0.5, 0.6) is 0 Å². The summed E-state index contributed by atoms with van der Waals surface area (Å²) in [5.74, 6) is -1.24. The van der Waals surface area contributed by atoms with E-state index < -0.39 is 12.0 Å². The molecule has 0 aromatic heterocycles. The second kappa shape index (κ2) is 6.57. The van der Waals surface area contributed by atoms with Crippen molar-refractivity contribution in [2.24, 2.45) is 0 Å². The van der Waals surface area contributed by atoms with E-state index in [1.165, 1.54) is 23.1 Å². The number of carbonyl (C=O) groups is 3. The number of hydrogen-bond donors (Lipinski definition) is 3. The van der Waals surface area contributed by atoms with E-state index in [9.17, 15) is 14.4 Å². The molecule has 1 aliphatic heterocycles. The molecule has 7 nitrogen and oxygen atoms in total. The van der Waals surface area contributed by atoms with Crippen molar-refractivity contribution in [3.63, 3.8) is 0 Å². The Bertz CT molecular complexity index is 591. The molecule has 1 fully saturated rings. The lowest BCUT2D eigenvalue weighted by molar-refractivity contribution is -0.120. The fraction of sp³-hybridized carbons (Fsp3) is 0.308. The second-order valence-electron chi connectivity index (χ2n) is 4.55. The first kappa shape index (κ1) is 15.3. The molecule has 0 spiro atoms. The maximum absolute atomic E-state index is 12.1. The zero-order valence-electron chi connectivity index (χ0n) is 11.1. The molecule has 0 bridgehead atoms. The quantitative estimate of drug-likeness (QED) is 0.748. The van der Waals surface area contributed by atoms with Crippen molar-refractivity contribution in [3.05, 3.63) is 28.2 Å². The van der Waals surface area contributed by atoms with Gasteiger partial charge in [0, 0.05) is 17.6 Å². The average molecular weight is 356 g/mol. The van der Waals surface area contributed by atoms with Crippen molar-refractivity contribution < 1.29 is 19.5 Å². The number of carboxylic acid groups (broad SMARTS) is 1. The fourth-order valence-corrected chi connectivity index (χ4v) is 2.40. The van der Waals surface area contributed by atoms with Crippen LogP contribution >= 0.6 is 15.9 Å². The summed E-state index contributed by atoms with van der Waals surface area (Å²) in [6, 6.07) is 3.92. The first-order chi connectivity index (χ1) is 9.97. The molecule has 112 valence electrons. The van der Waals surface area contributed by atoms with Gasteiger partial charge in [-0.05, 0) is 40.5 Å². The van der Waals surface area contributed by atoms with E-state index >= 15 is 0 Å². The highest BCUT2D eigenvalue weighted by Crippen LogP contribution is 2.24. The van der Waals surface area contributed by atoms with Crippen LogP contribution in [0.15, 0.2) is 22.7 Å². The third-order valence-corrected chi connectivity index (χ3v) is 3.66. The number of carbonyl (C=O) groups excluding carboxylic acids is 2. The summed E-state index contributed by atoms with van der Waals surface area (Å²) in [5, 5.41) is 14.2. The van der Waals surface area contributed by atoms with Crippen molar-refractivity contribution in [1.29, 1.82) is 0 Å². The van der Waals surface area contributed by atoms with Crippen LogP contribution in [0, 0.1) is 0 Å². The topological polar surface area (TPSA) is 98.7 Å². The van der Waals surface area contributed by atoms with Gasteiger partial charge in [0.2, 0.25) is 5.91 Å². The van der Waals surface area contributed by atoms with Crippen molar-refractivity contribution in [2.75, 3.05) is 25.0 Å². The highest BCUT2D eigenvalue weighted by atomic mass is 79.9. The minimum absolute atomic E-state index is 0.0106. The lowest BCUT2D eigenvalue weighted by Crippen LogP contribution is -2.39. The summed E-state index contributed by atoms with van der Waals surface area (Å²) in [7, 11) is 0. The highest BCUT2D eigenvalue weighted by molar-refractivity contribution is 9.10. The molecule has 1 saturated heterocycles. The van der Waals surface area contributed by atoms with Crippen LogP contribution in [0.25, 0.3) is 0 Å². The highest BCUT2D eigenvalue weighted by Gasteiger charge is 2.20. The number of nitrogens with zero attached hydrogens (tertiary/aromatic N) is 1. The summed E-state index contributed by atoms with van der Waals surface area (Å²) in [6.45, 7) is 1.05. The molecular formula is C13H14BrN3O4. The number of rotatable bonds is 2.